The number of nitrogens with one attached hydrogen (secondary N) is 1. The van der Waals surface area contributed by atoms with Gasteiger partial charge in [-0.3, -0.25) is 10.2 Å². The number of benzene rings is 2. The number of hydrogen-bond acceptors (Lipinski definition) is 5. The van der Waals surface area contributed by atoms with Crippen molar-refractivity contribution in [1.29, 1.82) is 0 Å². The molecule has 0 radical (unpaired) electrons. The number of carbonyl (C=O) groups is 1. The third kappa shape index (κ3) is 6.05. The first kappa shape index (κ1) is 23.5. The minimum absolute atomic E-state index is 0.545. The van der Waals surface area contributed by atoms with E-state index in [9.17, 15) is 4.79 Å². The highest BCUT2D eigenvalue weighted by molar-refractivity contribution is 7.22. The van der Waals surface area contributed by atoms with Gasteiger partial charge in [-0.15, -0.1) is 11.3 Å². The summed E-state index contributed by atoms with van der Waals surface area (Å²) in [7, 11) is 0. The van der Waals surface area contributed by atoms with E-state index in [0.29, 0.717) is 0 Å². The molecule has 0 spiro atoms. The lowest BCUT2D eigenvalue weighted by atomic mass is 10.0. The Kier molecular flexibility index (Phi) is 7.36. The maximum atomic E-state index is 11.0. The smallest absolute Gasteiger partial charge is 0.317 e. The maximum absolute atomic E-state index is 11.0. The van der Waals surface area contributed by atoms with E-state index in [1.165, 1.54) is 22.6 Å². The molecule has 0 atom stereocenters. The zero-order valence-electron chi connectivity index (χ0n) is 20.0. The number of anilines is 2. The molecule has 3 N–H and O–H groups in total. The number of nitrogens with two attached hydrogens (primary N) is 1. The molecular formula is C27H32N5O2S+. The third-order valence-electron chi connectivity index (χ3n) is 6.59. The summed E-state index contributed by atoms with van der Waals surface area (Å²) in [4.78, 5) is 20.6. The Bertz CT molecular complexity index is 1250. The van der Waals surface area contributed by atoms with Gasteiger partial charge in [-0.2, -0.15) is 0 Å². The van der Waals surface area contributed by atoms with Gasteiger partial charge < -0.3 is 15.4 Å². The van der Waals surface area contributed by atoms with Gasteiger partial charge in [0.15, 0.2) is 0 Å². The molecule has 7 nitrogen and oxygen atoms in total. The molecular weight excluding hydrogens is 458 g/mol. The van der Waals surface area contributed by atoms with Crippen molar-refractivity contribution in [3.63, 3.8) is 0 Å². The highest BCUT2D eigenvalue weighted by atomic mass is 32.1. The number of fused-ring (bicyclic) bond motifs is 2. The Hall–Kier alpha value is -3.28. The van der Waals surface area contributed by atoms with Crippen LogP contribution in [0.15, 0.2) is 42.5 Å². The van der Waals surface area contributed by atoms with Gasteiger partial charge in [0, 0.05) is 43.0 Å². The van der Waals surface area contributed by atoms with Crippen LogP contribution in [0.5, 0.6) is 5.75 Å². The van der Waals surface area contributed by atoms with Crippen molar-refractivity contribution in [2.45, 2.75) is 25.7 Å². The number of rotatable bonds is 6. The molecule has 0 bridgehead atoms. The quantitative estimate of drug-likeness (QED) is 0.477. The fourth-order valence-electron chi connectivity index (χ4n) is 4.74. The molecule has 2 amide bonds. The molecule has 1 saturated heterocycles. The van der Waals surface area contributed by atoms with Gasteiger partial charge in [0.25, 0.3) is 6.54 Å². The first-order valence-electron chi connectivity index (χ1n) is 12.4. The number of amides is 2. The fourth-order valence-corrected chi connectivity index (χ4v) is 5.69. The van der Waals surface area contributed by atoms with Crippen LogP contribution in [0.2, 0.25) is 0 Å². The first-order valence-corrected chi connectivity index (χ1v) is 13.2. The number of aryl methyl sites for hydroxylation is 1. The molecule has 2 aliphatic heterocycles. The van der Waals surface area contributed by atoms with Crippen LogP contribution in [0.25, 0.3) is 14.9 Å². The van der Waals surface area contributed by atoms with Crippen molar-refractivity contribution in [2.75, 3.05) is 56.1 Å². The number of ether oxygens (including phenoxy) is 1. The van der Waals surface area contributed by atoms with Crippen LogP contribution in [0, 0.1) is 6.07 Å². The summed E-state index contributed by atoms with van der Waals surface area (Å²) in [5, 5.41) is 4.44. The van der Waals surface area contributed by atoms with Crippen molar-refractivity contribution in [3.05, 3.63) is 58.4 Å². The second-order valence-electron chi connectivity index (χ2n) is 9.13. The molecule has 0 saturated carbocycles. The Morgan fingerprint density at radius 1 is 1.11 bits per heavy atom. The topological polar surface area (TPSA) is 75.2 Å². The van der Waals surface area contributed by atoms with Gasteiger partial charge in [0.1, 0.15) is 11.3 Å². The van der Waals surface area contributed by atoms with Gasteiger partial charge in [-0.05, 0) is 79.2 Å². The van der Waals surface area contributed by atoms with Crippen LogP contribution in [0.3, 0.4) is 0 Å². The molecule has 8 heteroatoms. The predicted octanol–water partition coefficient (Wildman–Crippen LogP) is 5.00. The number of thiophene rings is 1. The summed E-state index contributed by atoms with van der Waals surface area (Å²) in [6.45, 7) is 7.12. The summed E-state index contributed by atoms with van der Waals surface area (Å²) >= 11 is 1.50. The van der Waals surface area contributed by atoms with Crippen molar-refractivity contribution in [2.24, 2.45) is 5.73 Å². The van der Waals surface area contributed by atoms with Crippen LogP contribution in [0.1, 0.15) is 30.4 Å². The van der Waals surface area contributed by atoms with Crippen molar-refractivity contribution in [1.82, 2.24) is 4.90 Å². The number of carbonyl (C=O) groups excluding carboxylic acids is 1. The highest BCUT2D eigenvalue weighted by Gasteiger charge is 2.19. The van der Waals surface area contributed by atoms with E-state index >= 15 is 0 Å². The zero-order valence-corrected chi connectivity index (χ0v) is 20.8. The van der Waals surface area contributed by atoms with Crippen molar-refractivity contribution in [3.8, 4) is 11.8 Å². The number of hydrogen-bond donors (Lipinski definition) is 2. The van der Waals surface area contributed by atoms with Gasteiger partial charge in [0.05, 0.1) is 11.6 Å². The van der Waals surface area contributed by atoms with E-state index in [4.69, 9.17) is 10.5 Å². The molecule has 35 heavy (non-hydrogen) atoms. The predicted molar refractivity (Wildman–Crippen MR) is 144 cm³/mol. The summed E-state index contributed by atoms with van der Waals surface area (Å²) < 4.78 is 6.85. The Morgan fingerprint density at radius 3 is 2.86 bits per heavy atom. The Labute approximate surface area is 210 Å². The van der Waals surface area contributed by atoms with Crippen LogP contribution >= 0.6 is 11.3 Å². The average molecular weight is 491 g/mol. The molecule has 2 aliphatic rings. The van der Waals surface area contributed by atoms with Crippen LogP contribution in [0.4, 0.5) is 15.5 Å². The summed E-state index contributed by atoms with van der Waals surface area (Å²) in [6, 6.07) is 17.3. The number of primary amides is 1. The molecule has 1 aromatic heterocycles. The van der Waals surface area contributed by atoms with Gasteiger partial charge >= 0.3 is 12.1 Å². The van der Waals surface area contributed by atoms with Crippen molar-refractivity contribution >= 4 is 38.1 Å². The van der Waals surface area contributed by atoms with E-state index in [-0.39, 0.29) is 0 Å². The second-order valence-corrected chi connectivity index (χ2v) is 10.2. The number of urea groups is 1. The zero-order chi connectivity index (χ0) is 24.0. The molecule has 3 heterocycles. The van der Waals surface area contributed by atoms with E-state index in [2.05, 4.69) is 44.2 Å². The second kappa shape index (κ2) is 11.0. The maximum Gasteiger partial charge on any atom is 0.317 e. The van der Waals surface area contributed by atoms with E-state index in [1.54, 1.807) is 0 Å². The number of piperazine rings is 1. The lowest BCUT2D eigenvalue weighted by molar-refractivity contribution is 0.254. The number of unbranched alkanes of at least 4 members (excludes halogenated alkanes) is 1. The van der Waals surface area contributed by atoms with Crippen LogP contribution in [-0.2, 0) is 6.42 Å². The standard InChI is InChI=1S/C27H31N5O2S/c28-27(33)30-26-18-22-16-20(5-8-25(22)35-26)19-29-9-1-2-10-31-11-13-32(14-12-31)23-6-7-24-21(17-23)4-3-15-34-24/h5-8,16-18H,1-4,9-15H2,(H2-,28,30,33)/p+1. The molecule has 182 valence electrons. The lowest BCUT2D eigenvalue weighted by Gasteiger charge is -2.36. The molecule has 0 aliphatic carbocycles. The van der Waals surface area contributed by atoms with E-state index in [0.717, 1.165) is 98.0 Å². The number of nitrogens with zero attached hydrogens (tertiary/aromatic N) is 3. The van der Waals surface area contributed by atoms with E-state index in [1.807, 2.05) is 24.3 Å². The van der Waals surface area contributed by atoms with Gasteiger partial charge in [-0.1, -0.05) is 4.85 Å². The van der Waals surface area contributed by atoms with Crippen LogP contribution < -0.4 is 20.7 Å². The monoisotopic (exact) mass is 490 g/mol. The normalized spacial score (nSPS) is 15.7. The molecule has 5 rings (SSSR count). The summed E-state index contributed by atoms with van der Waals surface area (Å²) in [6.07, 6.45) is 4.45. The largest absolute Gasteiger partial charge is 0.493 e. The third-order valence-corrected chi connectivity index (χ3v) is 7.63. The van der Waals surface area contributed by atoms with Crippen molar-refractivity contribution < 1.29 is 9.53 Å². The first-order chi connectivity index (χ1) is 17.1. The Balaban J connectivity index is 1.03. The Morgan fingerprint density at radius 2 is 2.00 bits per heavy atom. The summed E-state index contributed by atoms with van der Waals surface area (Å²) in [5.74, 6) is 1.07. The van der Waals surface area contributed by atoms with E-state index < -0.39 is 6.03 Å². The van der Waals surface area contributed by atoms with Gasteiger partial charge in [-0.25, -0.2) is 4.79 Å². The SMILES string of the molecule is NC(=O)Nc1cc2cc(C#[N+]CCCCN3CCN(c4ccc5c(c4)CCCO5)CC3)ccc2s1. The minimum Gasteiger partial charge on any atom is -0.493 e. The van der Waals surface area contributed by atoms with Crippen LogP contribution in [-0.4, -0.2) is 56.8 Å². The fraction of sp³-hybridized carbons (Fsp3) is 0.407. The molecule has 0 unspecified atom stereocenters. The average Bonchev–Trinajstić information content (AvgIpc) is 3.27. The summed E-state index contributed by atoms with van der Waals surface area (Å²) in [5.41, 5.74) is 8.84. The van der Waals surface area contributed by atoms with Gasteiger partial charge in [0.2, 0.25) is 0 Å². The minimum atomic E-state index is -0.545. The lowest BCUT2D eigenvalue weighted by Crippen LogP contribution is -2.46. The molecule has 1 fully saturated rings. The molecule has 3 aromatic rings. The highest BCUT2D eigenvalue weighted by Crippen LogP contribution is 2.31. The molecule has 2 aromatic carbocycles.